The minimum absolute atomic E-state index is 0.0431. The Labute approximate surface area is 199 Å². The van der Waals surface area contributed by atoms with E-state index in [0.29, 0.717) is 29.2 Å². The maximum absolute atomic E-state index is 13.4. The number of rotatable bonds is 6. The lowest BCUT2D eigenvalue weighted by atomic mass is 10.1. The molecule has 35 heavy (non-hydrogen) atoms. The first-order valence-corrected chi connectivity index (χ1v) is 10.9. The van der Waals surface area contributed by atoms with E-state index in [0.717, 1.165) is 0 Å². The van der Waals surface area contributed by atoms with Crippen molar-refractivity contribution in [3.63, 3.8) is 0 Å². The summed E-state index contributed by atoms with van der Waals surface area (Å²) in [7, 11) is 0. The molecule has 1 atom stereocenters. The van der Waals surface area contributed by atoms with Gasteiger partial charge in [-0.1, -0.05) is 12.1 Å². The highest BCUT2D eigenvalue weighted by Crippen LogP contribution is 2.27. The number of pyridine rings is 1. The first kappa shape index (κ1) is 23.9. The van der Waals surface area contributed by atoms with Crippen molar-refractivity contribution in [1.29, 1.82) is 5.26 Å². The Balaban J connectivity index is 1.53. The Morgan fingerprint density at radius 3 is 2.74 bits per heavy atom. The average molecular weight is 482 g/mol. The predicted octanol–water partition coefficient (Wildman–Crippen LogP) is 4.34. The molecule has 0 saturated heterocycles. The van der Waals surface area contributed by atoms with E-state index in [2.05, 4.69) is 15.4 Å². The molecule has 180 valence electrons. The maximum Gasteiger partial charge on any atom is 0.389 e. The lowest BCUT2D eigenvalue weighted by Gasteiger charge is -2.33. The second-order valence-corrected chi connectivity index (χ2v) is 8.25. The van der Waals surface area contributed by atoms with E-state index in [1.165, 1.54) is 28.0 Å². The van der Waals surface area contributed by atoms with Crippen molar-refractivity contribution in [3.8, 4) is 6.07 Å². The number of nitrogens with one attached hydrogen (secondary N) is 1. The minimum Gasteiger partial charge on any atom is -0.322 e. The van der Waals surface area contributed by atoms with Gasteiger partial charge >= 0.3 is 6.18 Å². The molecule has 2 amide bonds. The standard InChI is InChI=1S/C24H21F3N6O2/c1-15-14-32-21(19(13-30-32)22(34)31-18-6-2-4-17(10-18)11-28)23(35)33(15)20-8-7-16(12-29-20)5-3-9-24(25,26)27/h2,4,6-8,10,12-13,15H,3,5,9,14H2,1H3,(H,31,34)/t15-/m0/s1. The van der Waals surface area contributed by atoms with Gasteiger partial charge in [-0.25, -0.2) is 4.98 Å². The number of benzene rings is 1. The van der Waals surface area contributed by atoms with Gasteiger partial charge in [-0.05, 0) is 49.6 Å². The smallest absolute Gasteiger partial charge is 0.322 e. The number of anilines is 2. The summed E-state index contributed by atoms with van der Waals surface area (Å²) in [5.74, 6) is -0.672. The SMILES string of the molecule is C[C@H]1Cn2ncc(C(=O)Nc3cccc(C#N)c3)c2C(=O)N1c1ccc(CCCC(F)(F)F)cn1. The normalized spacial score (nSPS) is 15.5. The highest BCUT2D eigenvalue weighted by atomic mass is 19.4. The van der Waals surface area contributed by atoms with Gasteiger partial charge in [0.05, 0.1) is 36.0 Å². The van der Waals surface area contributed by atoms with Gasteiger partial charge < -0.3 is 5.32 Å². The summed E-state index contributed by atoms with van der Waals surface area (Å²) < 4.78 is 38.6. The zero-order chi connectivity index (χ0) is 25.2. The highest BCUT2D eigenvalue weighted by molar-refractivity contribution is 6.15. The summed E-state index contributed by atoms with van der Waals surface area (Å²) in [4.78, 5) is 32.1. The molecule has 0 unspecified atom stereocenters. The Bertz CT molecular complexity index is 1290. The van der Waals surface area contributed by atoms with Crippen LogP contribution in [0.5, 0.6) is 0 Å². The van der Waals surface area contributed by atoms with E-state index >= 15 is 0 Å². The fourth-order valence-corrected chi connectivity index (χ4v) is 3.96. The molecule has 0 fully saturated rings. The fraction of sp³-hybridized carbons (Fsp3) is 0.292. The van der Waals surface area contributed by atoms with E-state index < -0.39 is 24.4 Å². The molecule has 1 aliphatic heterocycles. The van der Waals surface area contributed by atoms with Gasteiger partial charge in [0.1, 0.15) is 11.5 Å². The van der Waals surface area contributed by atoms with Crippen LogP contribution in [0.2, 0.25) is 0 Å². The third-order valence-corrected chi connectivity index (χ3v) is 5.61. The van der Waals surface area contributed by atoms with Crippen molar-refractivity contribution in [2.24, 2.45) is 0 Å². The van der Waals surface area contributed by atoms with E-state index in [9.17, 15) is 22.8 Å². The van der Waals surface area contributed by atoms with Crippen LogP contribution < -0.4 is 10.2 Å². The van der Waals surface area contributed by atoms with Gasteiger partial charge in [0, 0.05) is 18.3 Å². The molecule has 0 aliphatic carbocycles. The Morgan fingerprint density at radius 2 is 2.06 bits per heavy atom. The monoisotopic (exact) mass is 482 g/mol. The number of fused-ring (bicyclic) bond motifs is 1. The first-order valence-electron chi connectivity index (χ1n) is 10.9. The number of halogens is 3. The summed E-state index contributed by atoms with van der Waals surface area (Å²) in [6.45, 7) is 2.14. The van der Waals surface area contributed by atoms with Crippen LogP contribution in [-0.4, -0.2) is 38.8 Å². The molecular weight excluding hydrogens is 461 g/mol. The minimum atomic E-state index is -4.20. The van der Waals surface area contributed by atoms with Crippen LogP contribution >= 0.6 is 0 Å². The number of aromatic nitrogens is 3. The number of hydrogen-bond donors (Lipinski definition) is 1. The zero-order valence-corrected chi connectivity index (χ0v) is 18.7. The van der Waals surface area contributed by atoms with Crippen molar-refractivity contribution >= 4 is 23.3 Å². The molecule has 3 aromatic rings. The number of nitrogens with zero attached hydrogens (tertiary/aromatic N) is 5. The number of nitriles is 1. The largest absolute Gasteiger partial charge is 0.389 e. The van der Waals surface area contributed by atoms with Crippen LogP contribution in [0.15, 0.2) is 48.8 Å². The summed E-state index contributed by atoms with van der Waals surface area (Å²) in [5.41, 5.74) is 1.61. The molecule has 11 heteroatoms. The second kappa shape index (κ2) is 9.58. The number of carbonyl (C=O) groups is 2. The molecular formula is C24H21F3N6O2. The van der Waals surface area contributed by atoms with Crippen LogP contribution in [0.1, 0.15) is 51.7 Å². The van der Waals surface area contributed by atoms with Crippen LogP contribution in [0.25, 0.3) is 0 Å². The first-order chi connectivity index (χ1) is 16.7. The number of amides is 2. The number of alkyl halides is 3. The van der Waals surface area contributed by atoms with E-state index in [4.69, 9.17) is 5.26 Å². The maximum atomic E-state index is 13.4. The molecule has 1 aliphatic rings. The van der Waals surface area contributed by atoms with Crippen molar-refractivity contribution in [3.05, 3.63) is 71.2 Å². The van der Waals surface area contributed by atoms with Crippen molar-refractivity contribution in [1.82, 2.24) is 14.8 Å². The van der Waals surface area contributed by atoms with E-state index in [-0.39, 0.29) is 30.1 Å². The molecule has 1 aromatic carbocycles. The van der Waals surface area contributed by atoms with Crippen molar-refractivity contribution in [2.45, 2.75) is 44.9 Å². The lowest BCUT2D eigenvalue weighted by molar-refractivity contribution is -0.135. The molecule has 1 N–H and O–H groups in total. The Kier molecular flexibility index (Phi) is 6.55. The van der Waals surface area contributed by atoms with Gasteiger partial charge in [0.25, 0.3) is 11.8 Å². The molecule has 0 bridgehead atoms. The van der Waals surface area contributed by atoms with E-state index in [1.54, 1.807) is 30.3 Å². The number of hydrogen-bond acceptors (Lipinski definition) is 5. The molecule has 0 radical (unpaired) electrons. The highest BCUT2D eigenvalue weighted by Gasteiger charge is 2.36. The summed E-state index contributed by atoms with van der Waals surface area (Å²) >= 11 is 0. The van der Waals surface area contributed by atoms with Gasteiger partial charge in [0.15, 0.2) is 0 Å². The van der Waals surface area contributed by atoms with E-state index in [1.807, 2.05) is 13.0 Å². The fourth-order valence-electron chi connectivity index (χ4n) is 3.96. The Morgan fingerprint density at radius 1 is 1.26 bits per heavy atom. The molecule has 8 nitrogen and oxygen atoms in total. The summed E-state index contributed by atoms with van der Waals surface area (Å²) in [6.07, 6.45) is -2.10. The number of carbonyl (C=O) groups excluding carboxylic acids is 2. The predicted molar refractivity (Wildman–Crippen MR) is 121 cm³/mol. The van der Waals surface area contributed by atoms with Crippen molar-refractivity contribution < 1.29 is 22.8 Å². The summed E-state index contributed by atoms with van der Waals surface area (Å²) in [5, 5.41) is 15.9. The third kappa shape index (κ3) is 5.32. The number of aryl methyl sites for hydroxylation is 1. The van der Waals surface area contributed by atoms with Gasteiger partial charge in [-0.2, -0.15) is 23.5 Å². The lowest BCUT2D eigenvalue weighted by Crippen LogP contribution is -2.48. The molecule has 2 aromatic heterocycles. The third-order valence-electron chi connectivity index (χ3n) is 5.61. The molecule has 0 spiro atoms. The second-order valence-electron chi connectivity index (χ2n) is 8.25. The quantitative estimate of drug-likeness (QED) is 0.563. The topological polar surface area (TPSA) is 104 Å². The molecule has 0 saturated carbocycles. The average Bonchev–Trinajstić information content (AvgIpc) is 3.23. The van der Waals surface area contributed by atoms with Gasteiger partial charge in [-0.15, -0.1) is 0 Å². The zero-order valence-electron chi connectivity index (χ0n) is 18.7. The van der Waals surface area contributed by atoms with Crippen LogP contribution in [-0.2, 0) is 13.0 Å². The molecule has 4 rings (SSSR count). The Hall–Kier alpha value is -4.20. The summed E-state index contributed by atoms with van der Waals surface area (Å²) in [6, 6.07) is 11.3. The van der Waals surface area contributed by atoms with Crippen LogP contribution in [0, 0.1) is 11.3 Å². The van der Waals surface area contributed by atoms with Crippen LogP contribution in [0.3, 0.4) is 0 Å². The van der Waals surface area contributed by atoms with Crippen LogP contribution in [0.4, 0.5) is 24.7 Å². The van der Waals surface area contributed by atoms with Gasteiger partial charge in [-0.3, -0.25) is 19.2 Å². The molecule has 3 heterocycles. The van der Waals surface area contributed by atoms with Crippen molar-refractivity contribution in [2.75, 3.05) is 10.2 Å². The van der Waals surface area contributed by atoms with Gasteiger partial charge in [0.2, 0.25) is 0 Å².